The number of amides is 1. The molecule has 1 unspecified atom stereocenters. The van der Waals surface area contributed by atoms with Gasteiger partial charge in [-0.25, -0.2) is 0 Å². The molecule has 0 spiro atoms. The molecular weight excluding hydrogens is 213 g/mol. The third kappa shape index (κ3) is 7.15. The molecule has 0 rings (SSSR count). The average Bonchev–Trinajstić information content (AvgIpc) is 2.13. The van der Waals surface area contributed by atoms with Crippen molar-refractivity contribution in [2.45, 2.75) is 25.6 Å². The van der Waals surface area contributed by atoms with Crippen molar-refractivity contribution < 1.29 is 23.1 Å². The van der Waals surface area contributed by atoms with Crippen LogP contribution in [-0.4, -0.2) is 42.9 Å². The number of aliphatic hydroxyl groups is 1. The van der Waals surface area contributed by atoms with Crippen molar-refractivity contribution >= 4 is 5.91 Å². The Morgan fingerprint density at radius 1 is 1.47 bits per heavy atom. The van der Waals surface area contributed by atoms with E-state index in [0.29, 0.717) is 6.54 Å². The van der Waals surface area contributed by atoms with E-state index in [0.717, 1.165) is 6.42 Å². The van der Waals surface area contributed by atoms with Crippen molar-refractivity contribution in [3.05, 3.63) is 0 Å². The third-order valence-electron chi connectivity index (χ3n) is 1.58. The number of halogens is 3. The Balaban J connectivity index is 3.62. The molecule has 0 fully saturated rings. The summed E-state index contributed by atoms with van der Waals surface area (Å²) in [6.45, 7) is 1.67. The van der Waals surface area contributed by atoms with E-state index in [1.807, 2.05) is 12.2 Å². The number of aliphatic hydroxyl groups excluding tert-OH is 1. The van der Waals surface area contributed by atoms with Crippen LogP contribution >= 0.6 is 0 Å². The second-order valence-electron chi connectivity index (χ2n) is 3.04. The Hall–Kier alpha value is -0.820. The van der Waals surface area contributed by atoms with Gasteiger partial charge >= 0.3 is 6.18 Å². The van der Waals surface area contributed by atoms with Crippen LogP contribution in [0.15, 0.2) is 0 Å². The predicted octanol–water partition coefficient (Wildman–Crippen LogP) is 0.0254. The summed E-state index contributed by atoms with van der Waals surface area (Å²) in [7, 11) is 0. The molecule has 0 aliphatic carbocycles. The molecule has 0 heterocycles. The third-order valence-corrected chi connectivity index (χ3v) is 1.58. The van der Waals surface area contributed by atoms with E-state index in [1.165, 1.54) is 0 Å². The first-order valence-corrected chi connectivity index (χ1v) is 4.60. The Morgan fingerprint density at radius 2 is 2.07 bits per heavy atom. The second-order valence-corrected chi connectivity index (χ2v) is 3.04. The predicted molar refractivity (Wildman–Crippen MR) is 48.2 cm³/mol. The maximum Gasteiger partial charge on any atom is 0.416 e. The second kappa shape index (κ2) is 6.62. The molecular formula is C8H15F3N2O2. The number of rotatable bonds is 6. The molecule has 0 aliphatic rings. The van der Waals surface area contributed by atoms with Gasteiger partial charge in [0.15, 0.2) is 6.10 Å². The Kier molecular flexibility index (Phi) is 6.26. The van der Waals surface area contributed by atoms with Gasteiger partial charge in [-0.3, -0.25) is 4.79 Å². The van der Waals surface area contributed by atoms with Crippen molar-refractivity contribution in [3.8, 4) is 0 Å². The molecule has 0 aromatic carbocycles. The lowest BCUT2D eigenvalue weighted by Gasteiger charge is -2.14. The molecule has 0 aliphatic heterocycles. The van der Waals surface area contributed by atoms with E-state index in [9.17, 15) is 18.0 Å². The number of hydrogen-bond acceptors (Lipinski definition) is 3. The molecule has 0 aromatic heterocycles. The lowest BCUT2D eigenvalue weighted by atomic mass is 10.3. The minimum Gasteiger partial charge on any atom is -0.382 e. The van der Waals surface area contributed by atoms with Crippen LogP contribution in [0.25, 0.3) is 0 Å². The fourth-order valence-corrected chi connectivity index (χ4v) is 0.767. The fraction of sp³-hybridized carbons (Fsp3) is 0.875. The fourth-order valence-electron chi connectivity index (χ4n) is 0.767. The quantitative estimate of drug-likeness (QED) is 0.562. The molecule has 1 atom stereocenters. The molecule has 15 heavy (non-hydrogen) atoms. The summed E-state index contributed by atoms with van der Waals surface area (Å²) in [5, 5.41) is 13.2. The highest BCUT2D eigenvalue weighted by Crippen LogP contribution is 2.18. The van der Waals surface area contributed by atoms with Gasteiger partial charge in [-0.15, -0.1) is 0 Å². The van der Waals surface area contributed by atoms with E-state index in [-0.39, 0.29) is 6.54 Å². The minimum atomic E-state index is -4.69. The van der Waals surface area contributed by atoms with E-state index in [2.05, 4.69) is 5.32 Å². The number of carbonyl (C=O) groups excluding carboxylic acids is 1. The molecule has 0 aromatic rings. The van der Waals surface area contributed by atoms with E-state index >= 15 is 0 Å². The summed E-state index contributed by atoms with van der Waals surface area (Å²) in [6.07, 6.45) is -6.37. The molecule has 0 bridgehead atoms. The van der Waals surface area contributed by atoms with Crippen LogP contribution in [-0.2, 0) is 4.79 Å². The number of carbonyl (C=O) groups is 1. The summed E-state index contributed by atoms with van der Waals surface area (Å²) >= 11 is 0. The van der Waals surface area contributed by atoms with Crippen LogP contribution < -0.4 is 10.6 Å². The van der Waals surface area contributed by atoms with Crippen LogP contribution in [0.1, 0.15) is 13.3 Å². The van der Waals surface area contributed by atoms with Crippen LogP contribution in [0.3, 0.4) is 0 Å². The highest BCUT2D eigenvalue weighted by atomic mass is 19.4. The Bertz CT molecular complexity index is 197. The zero-order chi connectivity index (χ0) is 11.9. The van der Waals surface area contributed by atoms with Crippen molar-refractivity contribution in [1.29, 1.82) is 0 Å². The highest BCUT2D eigenvalue weighted by molar-refractivity contribution is 5.77. The first kappa shape index (κ1) is 14.2. The Morgan fingerprint density at radius 3 is 2.53 bits per heavy atom. The van der Waals surface area contributed by atoms with Gasteiger partial charge in [-0.05, 0) is 13.0 Å². The molecule has 90 valence electrons. The maximum absolute atomic E-state index is 11.8. The van der Waals surface area contributed by atoms with Gasteiger partial charge in [0.1, 0.15) is 0 Å². The average molecular weight is 228 g/mol. The molecule has 0 saturated heterocycles. The first-order chi connectivity index (χ1) is 6.88. The van der Waals surface area contributed by atoms with Crippen molar-refractivity contribution in [2.24, 2.45) is 0 Å². The van der Waals surface area contributed by atoms with Gasteiger partial charge in [0.2, 0.25) is 5.91 Å². The van der Waals surface area contributed by atoms with Gasteiger partial charge in [-0.1, -0.05) is 6.92 Å². The largest absolute Gasteiger partial charge is 0.416 e. The lowest BCUT2D eigenvalue weighted by Crippen LogP contribution is -2.43. The molecule has 3 N–H and O–H groups in total. The molecule has 0 saturated carbocycles. The van der Waals surface area contributed by atoms with Crippen molar-refractivity contribution in [3.63, 3.8) is 0 Å². The van der Waals surface area contributed by atoms with Crippen molar-refractivity contribution in [1.82, 2.24) is 10.6 Å². The number of alkyl halides is 3. The number of nitrogens with one attached hydrogen (secondary N) is 2. The van der Waals surface area contributed by atoms with E-state index in [1.54, 1.807) is 0 Å². The van der Waals surface area contributed by atoms with Gasteiger partial charge in [-0.2, -0.15) is 13.2 Å². The lowest BCUT2D eigenvalue weighted by molar-refractivity contribution is -0.201. The molecule has 4 nitrogen and oxygen atoms in total. The van der Waals surface area contributed by atoms with E-state index < -0.39 is 24.7 Å². The first-order valence-electron chi connectivity index (χ1n) is 4.60. The van der Waals surface area contributed by atoms with Gasteiger partial charge in [0.05, 0.1) is 13.1 Å². The number of hydrogen-bond donors (Lipinski definition) is 3. The van der Waals surface area contributed by atoms with Crippen LogP contribution in [0, 0.1) is 0 Å². The SMILES string of the molecule is CCCNCC(=O)NCC(O)C(F)(F)F. The minimum absolute atomic E-state index is 0.0432. The Labute approximate surface area is 85.8 Å². The van der Waals surface area contributed by atoms with Crippen LogP contribution in [0.2, 0.25) is 0 Å². The standard InChI is InChI=1S/C8H15F3N2O2/c1-2-3-12-5-7(15)13-4-6(14)8(9,10)11/h6,12,14H,2-5H2,1H3,(H,13,15). The smallest absolute Gasteiger partial charge is 0.382 e. The summed E-state index contributed by atoms with van der Waals surface area (Å²) in [5.74, 6) is -0.563. The summed E-state index contributed by atoms with van der Waals surface area (Å²) in [5.41, 5.74) is 0. The van der Waals surface area contributed by atoms with Gasteiger partial charge < -0.3 is 15.7 Å². The van der Waals surface area contributed by atoms with Gasteiger partial charge in [0, 0.05) is 0 Å². The zero-order valence-corrected chi connectivity index (χ0v) is 8.40. The maximum atomic E-state index is 11.8. The van der Waals surface area contributed by atoms with Crippen LogP contribution in [0.5, 0.6) is 0 Å². The normalized spacial score (nSPS) is 13.7. The highest BCUT2D eigenvalue weighted by Gasteiger charge is 2.38. The topological polar surface area (TPSA) is 61.4 Å². The summed E-state index contributed by atoms with van der Waals surface area (Å²) < 4.78 is 35.4. The van der Waals surface area contributed by atoms with Gasteiger partial charge in [0.25, 0.3) is 0 Å². The molecule has 7 heteroatoms. The molecule has 1 amide bonds. The van der Waals surface area contributed by atoms with Crippen molar-refractivity contribution in [2.75, 3.05) is 19.6 Å². The monoisotopic (exact) mass is 228 g/mol. The zero-order valence-electron chi connectivity index (χ0n) is 8.40. The summed E-state index contributed by atoms with van der Waals surface area (Å²) in [6, 6.07) is 0. The summed E-state index contributed by atoms with van der Waals surface area (Å²) in [4.78, 5) is 10.9. The van der Waals surface area contributed by atoms with E-state index in [4.69, 9.17) is 5.11 Å². The van der Waals surface area contributed by atoms with Crippen LogP contribution in [0.4, 0.5) is 13.2 Å². The molecule has 0 radical (unpaired) electrons.